The van der Waals surface area contributed by atoms with Crippen LogP contribution in [0.15, 0.2) is 72.8 Å². The molecule has 1 unspecified atom stereocenters. The van der Waals surface area contributed by atoms with Crippen molar-refractivity contribution in [2.45, 2.75) is 45.7 Å². The SMILES string of the molecule is CC(=O)N(c1ccc(Cl)cc1)[C@@H]1C[C@H](C)N(C(=O)c2ccc(OCCC(C)C(=O)O)cc2)c2ccccc21. The first-order valence-corrected chi connectivity index (χ1v) is 13.0. The number of anilines is 2. The summed E-state index contributed by atoms with van der Waals surface area (Å²) in [5.74, 6) is -1.000. The summed E-state index contributed by atoms with van der Waals surface area (Å²) in [6.07, 6.45) is 0.959. The molecule has 38 heavy (non-hydrogen) atoms. The van der Waals surface area contributed by atoms with Crippen LogP contribution in [0.2, 0.25) is 5.02 Å². The molecule has 2 amide bonds. The predicted octanol–water partition coefficient (Wildman–Crippen LogP) is 6.36. The van der Waals surface area contributed by atoms with Crippen LogP contribution in [0, 0.1) is 5.92 Å². The molecule has 0 bridgehead atoms. The van der Waals surface area contributed by atoms with Gasteiger partial charge in [0.25, 0.3) is 5.91 Å². The Bertz CT molecular complexity index is 1310. The fourth-order valence-electron chi connectivity index (χ4n) is 4.83. The lowest BCUT2D eigenvalue weighted by molar-refractivity contribution is -0.141. The third-order valence-electron chi connectivity index (χ3n) is 6.88. The molecule has 8 heteroatoms. The number of fused-ring (bicyclic) bond motifs is 1. The Balaban J connectivity index is 1.57. The number of benzene rings is 3. The third-order valence-corrected chi connectivity index (χ3v) is 7.13. The smallest absolute Gasteiger partial charge is 0.306 e. The van der Waals surface area contributed by atoms with E-state index in [0.717, 1.165) is 16.9 Å². The standard InChI is InChI=1S/C30H31ClN2O5/c1-19(30(36)37)16-17-38-25-14-8-22(9-15-25)29(35)32-20(2)18-28(26-6-4-5-7-27(26)32)33(21(3)34)24-12-10-23(31)11-13-24/h4-15,19-20,28H,16-18H2,1-3H3,(H,36,37)/t19?,20-,28+/m0/s1. The van der Waals surface area contributed by atoms with Crippen LogP contribution in [0.1, 0.15) is 55.6 Å². The maximum Gasteiger partial charge on any atom is 0.306 e. The zero-order valence-electron chi connectivity index (χ0n) is 21.6. The van der Waals surface area contributed by atoms with Crippen molar-refractivity contribution in [3.05, 3.63) is 88.9 Å². The van der Waals surface area contributed by atoms with Crippen molar-refractivity contribution >= 4 is 40.8 Å². The zero-order chi connectivity index (χ0) is 27.4. The second kappa shape index (κ2) is 11.7. The van der Waals surface area contributed by atoms with Gasteiger partial charge in [0.2, 0.25) is 5.91 Å². The molecule has 0 radical (unpaired) electrons. The predicted molar refractivity (Wildman–Crippen MR) is 148 cm³/mol. The largest absolute Gasteiger partial charge is 0.494 e. The molecule has 1 heterocycles. The molecule has 3 aromatic rings. The van der Waals surface area contributed by atoms with Crippen molar-refractivity contribution in [2.24, 2.45) is 5.92 Å². The van der Waals surface area contributed by atoms with E-state index >= 15 is 0 Å². The molecular formula is C30H31ClN2O5. The van der Waals surface area contributed by atoms with Crippen LogP contribution in [-0.4, -0.2) is 35.5 Å². The summed E-state index contributed by atoms with van der Waals surface area (Å²) in [4.78, 5) is 41.1. The fourth-order valence-corrected chi connectivity index (χ4v) is 4.95. The minimum absolute atomic E-state index is 0.0903. The number of halogens is 1. The minimum atomic E-state index is -0.854. The van der Waals surface area contributed by atoms with Gasteiger partial charge in [0.1, 0.15) is 5.75 Å². The van der Waals surface area contributed by atoms with Gasteiger partial charge in [0.15, 0.2) is 0 Å². The fraction of sp³-hybridized carbons (Fsp3) is 0.300. The molecule has 1 aliphatic rings. The molecule has 1 N–H and O–H groups in total. The summed E-state index contributed by atoms with van der Waals surface area (Å²) in [7, 11) is 0. The van der Waals surface area contributed by atoms with Crippen LogP contribution >= 0.6 is 11.6 Å². The summed E-state index contributed by atoms with van der Waals surface area (Å²) < 4.78 is 5.66. The van der Waals surface area contributed by atoms with Crippen molar-refractivity contribution < 1.29 is 24.2 Å². The number of carboxylic acids is 1. The Kier molecular flexibility index (Phi) is 8.37. The summed E-state index contributed by atoms with van der Waals surface area (Å²) in [6.45, 7) is 5.45. The average Bonchev–Trinajstić information content (AvgIpc) is 2.89. The van der Waals surface area contributed by atoms with E-state index in [1.807, 2.05) is 43.3 Å². The van der Waals surface area contributed by atoms with Crippen LogP contribution < -0.4 is 14.5 Å². The number of rotatable bonds is 8. The molecular weight excluding hydrogens is 504 g/mol. The number of aliphatic carboxylic acids is 1. The molecule has 0 aliphatic carbocycles. The first-order valence-electron chi connectivity index (χ1n) is 12.6. The van der Waals surface area contributed by atoms with Crippen LogP contribution in [0.25, 0.3) is 0 Å². The molecule has 1 aliphatic heterocycles. The summed E-state index contributed by atoms with van der Waals surface area (Å²) in [6, 6.07) is 21.3. The third kappa shape index (κ3) is 5.83. The minimum Gasteiger partial charge on any atom is -0.494 e. The van der Waals surface area contributed by atoms with E-state index in [4.69, 9.17) is 21.4 Å². The molecule has 3 atom stereocenters. The van der Waals surface area contributed by atoms with Gasteiger partial charge in [-0.15, -0.1) is 0 Å². The number of amides is 2. The van der Waals surface area contributed by atoms with Crippen molar-refractivity contribution in [1.82, 2.24) is 0 Å². The Morgan fingerprint density at radius 1 is 1.05 bits per heavy atom. The molecule has 7 nitrogen and oxygen atoms in total. The lowest BCUT2D eigenvalue weighted by atomic mass is 9.89. The lowest BCUT2D eigenvalue weighted by Gasteiger charge is -2.43. The zero-order valence-corrected chi connectivity index (χ0v) is 22.4. The highest BCUT2D eigenvalue weighted by molar-refractivity contribution is 6.30. The van der Waals surface area contributed by atoms with Crippen molar-refractivity contribution in [1.29, 1.82) is 0 Å². The van der Waals surface area contributed by atoms with E-state index in [-0.39, 0.29) is 30.5 Å². The van der Waals surface area contributed by atoms with Crippen molar-refractivity contribution in [2.75, 3.05) is 16.4 Å². The molecule has 3 aromatic carbocycles. The van der Waals surface area contributed by atoms with Gasteiger partial charge in [0.05, 0.1) is 18.6 Å². The Morgan fingerprint density at radius 2 is 1.71 bits per heavy atom. The van der Waals surface area contributed by atoms with Crippen molar-refractivity contribution in [3.63, 3.8) is 0 Å². The molecule has 0 spiro atoms. The van der Waals surface area contributed by atoms with E-state index in [2.05, 4.69) is 0 Å². The Morgan fingerprint density at radius 3 is 2.34 bits per heavy atom. The monoisotopic (exact) mass is 534 g/mol. The molecule has 0 saturated heterocycles. The highest BCUT2D eigenvalue weighted by Gasteiger charge is 2.38. The van der Waals surface area contributed by atoms with E-state index in [1.165, 1.54) is 0 Å². The normalized spacial score (nSPS) is 17.3. The molecule has 4 rings (SSSR count). The van der Waals surface area contributed by atoms with Crippen LogP contribution in [0.3, 0.4) is 0 Å². The van der Waals surface area contributed by atoms with Crippen molar-refractivity contribution in [3.8, 4) is 5.75 Å². The quantitative estimate of drug-likeness (QED) is 0.363. The van der Waals surface area contributed by atoms with Crippen LogP contribution in [0.4, 0.5) is 11.4 Å². The Hall–Kier alpha value is -3.84. The second-order valence-corrected chi connectivity index (χ2v) is 10.0. The summed E-state index contributed by atoms with van der Waals surface area (Å²) in [5.41, 5.74) is 2.93. The van der Waals surface area contributed by atoms with Gasteiger partial charge in [0, 0.05) is 34.9 Å². The first kappa shape index (κ1) is 27.2. The van der Waals surface area contributed by atoms with E-state index in [1.54, 1.807) is 60.0 Å². The van der Waals surface area contributed by atoms with Gasteiger partial charge in [-0.3, -0.25) is 14.4 Å². The number of nitrogens with zero attached hydrogens (tertiary/aromatic N) is 2. The molecule has 0 fully saturated rings. The number of carboxylic acid groups (broad SMARTS) is 1. The van der Waals surface area contributed by atoms with Gasteiger partial charge in [-0.05, 0) is 79.9 Å². The van der Waals surface area contributed by atoms with E-state index < -0.39 is 11.9 Å². The average molecular weight is 535 g/mol. The molecule has 198 valence electrons. The van der Waals surface area contributed by atoms with Gasteiger partial charge >= 0.3 is 5.97 Å². The number of hydrogen-bond donors (Lipinski definition) is 1. The Labute approximate surface area is 227 Å². The second-order valence-electron chi connectivity index (χ2n) is 9.60. The summed E-state index contributed by atoms with van der Waals surface area (Å²) in [5, 5.41) is 9.61. The maximum absolute atomic E-state index is 13.7. The molecule has 0 saturated carbocycles. The van der Waals surface area contributed by atoms with E-state index in [9.17, 15) is 14.4 Å². The van der Waals surface area contributed by atoms with Gasteiger partial charge in [-0.1, -0.05) is 36.7 Å². The van der Waals surface area contributed by atoms with Crippen LogP contribution in [-0.2, 0) is 9.59 Å². The summed E-state index contributed by atoms with van der Waals surface area (Å²) >= 11 is 6.08. The highest BCUT2D eigenvalue weighted by atomic mass is 35.5. The number of hydrogen-bond acceptors (Lipinski definition) is 4. The lowest BCUT2D eigenvalue weighted by Crippen LogP contribution is -2.47. The highest BCUT2D eigenvalue weighted by Crippen LogP contribution is 2.43. The number of carbonyl (C=O) groups is 3. The van der Waals surface area contributed by atoms with Gasteiger partial charge < -0.3 is 19.6 Å². The molecule has 0 aromatic heterocycles. The van der Waals surface area contributed by atoms with Gasteiger partial charge in [-0.25, -0.2) is 0 Å². The van der Waals surface area contributed by atoms with Gasteiger partial charge in [-0.2, -0.15) is 0 Å². The van der Waals surface area contributed by atoms with Crippen LogP contribution in [0.5, 0.6) is 5.75 Å². The first-order chi connectivity index (χ1) is 18.2. The number of carbonyl (C=O) groups excluding carboxylic acids is 2. The number of ether oxygens (including phenoxy) is 1. The maximum atomic E-state index is 13.7. The van der Waals surface area contributed by atoms with E-state index in [0.29, 0.717) is 29.2 Å². The number of para-hydroxylation sites is 1. The topological polar surface area (TPSA) is 87.2 Å².